The highest BCUT2D eigenvalue weighted by Crippen LogP contribution is 2.32. The van der Waals surface area contributed by atoms with Crippen LogP contribution in [0, 0.1) is 13.8 Å². The van der Waals surface area contributed by atoms with Crippen molar-refractivity contribution in [2.45, 2.75) is 20.4 Å². The number of hydrogen-bond acceptors (Lipinski definition) is 5. The summed E-state index contributed by atoms with van der Waals surface area (Å²) in [5.41, 5.74) is 3.02. The van der Waals surface area contributed by atoms with Crippen LogP contribution in [0.2, 0.25) is 0 Å². The molecule has 0 spiro atoms. The van der Waals surface area contributed by atoms with E-state index in [0.717, 1.165) is 28.5 Å². The molecule has 0 atom stereocenters. The number of anilines is 1. The average molecular weight is 257 g/mol. The number of nitrogens with zero attached hydrogens (tertiary/aromatic N) is 2. The second kappa shape index (κ2) is 4.76. The first-order valence-corrected chi connectivity index (χ1v) is 6.15. The summed E-state index contributed by atoms with van der Waals surface area (Å²) in [6, 6.07) is 7.84. The molecule has 0 unspecified atom stereocenters. The number of nitrogens with one attached hydrogen (secondary N) is 1. The Bertz CT molecular complexity index is 593. The fraction of sp³-hybridized carbons (Fsp3) is 0.286. The van der Waals surface area contributed by atoms with Crippen molar-refractivity contribution in [2.24, 2.45) is 0 Å². The zero-order valence-electron chi connectivity index (χ0n) is 10.9. The van der Waals surface area contributed by atoms with E-state index in [0.29, 0.717) is 19.3 Å². The zero-order valence-corrected chi connectivity index (χ0v) is 10.9. The molecule has 0 saturated carbocycles. The first-order valence-electron chi connectivity index (χ1n) is 6.15. The van der Waals surface area contributed by atoms with Crippen molar-refractivity contribution in [2.75, 3.05) is 12.1 Å². The van der Waals surface area contributed by atoms with Gasteiger partial charge in [-0.15, -0.1) is 0 Å². The summed E-state index contributed by atoms with van der Waals surface area (Å²) < 4.78 is 10.6. The van der Waals surface area contributed by atoms with Gasteiger partial charge in [0.05, 0.1) is 0 Å². The van der Waals surface area contributed by atoms with E-state index >= 15 is 0 Å². The molecule has 98 valence electrons. The number of fused-ring (bicyclic) bond motifs is 1. The molecular weight excluding hydrogens is 242 g/mol. The largest absolute Gasteiger partial charge is 0.454 e. The SMILES string of the molecule is Cc1cc(C)nc(NCc2ccc3c(c2)OCO3)n1. The third kappa shape index (κ3) is 2.59. The van der Waals surface area contributed by atoms with Gasteiger partial charge in [-0.3, -0.25) is 0 Å². The van der Waals surface area contributed by atoms with Crippen molar-refractivity contribution in [3.8, 4) is 11.5 Å². The molecule has 2 aromatic rings. The molecule has 0 fully saturated rings. The molecule has 1 aliphatic heterocycles. The van der Waals surface area contributed by atoms with Gasteiger partial charge in [0.25, 0.3) is 0 Å². The summed E-state index contributed by atoms with van der Waals surface area (Å²) in [6.07, 6.45) is 0. The van der Waals surface area contributed by atoms with Crippen LogP contribution in [0.25, 0.3) is 0 Å². The maximum atomic E-state index is 5.35. The first kappa shape index (κ1) is 11.8. The summed E-state index contributed by atoms with van der Waals surface area (Å²) in [5, 5.41) is 3.22. The fourth-order valence-corrected chi connectivity index (χ4v) is 2.04. The number of ether oxygens (including phenoxy) is 2. The highest BCUT2D eigenvalue weighted by Gasteiger charge is 2.13. The van der Waals surface area contributed by atoms with Crippen LogP contribution in [0.1, 0.15) is 17.0 Å². The van der Waals surface area contributed by atoms with Crippen molar-refractivity contribution in [3.05, 3.63) is 41.2 Å². The van der Waals surface area contributed by atoms with Gasteiger partial charge in [-0.05, 0) is 37.6 Å². The highest BCUT2D eigenvalue weighted by molar-refractivity contribution is 5.45. The minimum atomic E-state index is 0.298. The van der Waals surface area contributed by atoms with E-state index in [9.17, 15) is 0 Å². The van der Waals surface area contributed by atoms with E-state index in [2.05, 4.69) is 15.3 Å². The van der Waals surface area contributed by atoms with Gasteiger partial charge in [-0.1, -0.05) is 6.07 Å². The first-order chi connectivity index (χ1) is 9.20. The van der Waals surface area contributed by atoms with Crippen LogP contribution in [0.15, 0.2) is 24.3 Å². The van der Waals surface area contributed by atoms with Gasteiger partial charge in [-0.25, -0.2) is 9.97 Å². The quantitative estimate of drug-likeness (QED) is 0.915. The number of aryl methyl sites for hydroxylation is 2. The molecule has 0 saturated heterocycles. The molecule has 2 heterocycles. The molecular formula is C14H15N3O2. The van der Waals surface area contributed by atoms with Crippen LogP contribution in [0.4, 0.5) is 5.95 Å². The van der Waals surface area contributed by atoms with Gasteiger partial charge < -0.3 is 14.8 Å². The summed E-state index contributed by atoms with van der Waals surface area (Å²) in [6.45, 7) is 4.87. The Morgan fingerprint density at radius 3 is 2.58 bits per heavy atom. The number of aromatic nitrogens is 2. The van der Waals surface area contributed by atoms with Crippen molar-refractivity contribution < 1.29 is 9.47 Å². The Morgan fingerprint density at radius 2 is 1.79 bits per heavy atom. The summed E-state index contributed by atoms with van der Waals surface area (Å²) >= 11 is 0. The number of hydrogen-bond donors (Lipinski definition) is 1. The molecule has 19 heavy (non-hydrogen) atoms. The lowest BCUT2D eigenvalue weighted by molar-refractivity contribution is 0.174. The second-order valence-electron chi connectivity index (χ2n) is 4.52. The van der Waals surface area contributed by atoms with Gasteiger partial charge in [0.1, 0.15) is 0 Å². The Hall–Kier alpha value is -2.30. The summed E-state index contributed by atoms with van der Waals surface area (Å²) in [7, 11) is 0. The van der Waals surface area contributed by atoms with E-state index < -0.39 is 0 Å². The predicted molar refractivity (Wildman–Crippen MR) is 71.4 cm³/mol. The highest BCUT2D eigenvalue weighted by atomic mass is 16.7. The van der Waals surface area contributed by atoms with E-state index in [1.165, 1.54) is 0 Å². The lowest BCUT2D eigenvalue weighted by atomic mass is 10.2. The molecule has 1 aromatic carbocycles. The van der Waals surface area contributed by atoms with E-state index in [1.807, 2.05) is 38.1 Å². The van der Waals surface area contributed by atoms with Gasteiger partial charge in [0.15, 0.2) is 11.5 Å². The maximum absolute atomic E-state index is 5.35. The van der Waals surface area contributed by atoms with Crippen LogP contribution < -0.4 is 14.8 Å². The summed E-state index contributed by atoms with van der Waals surface area (Å²) in [5.74, 6) is 2.24. The Labute approximate surface area is 111 Å². The van der Waals surface area contributed by atoms with Gasteiger partial charge >= 0.3 is 0 Å². The lowest BCUT2D eigenvalue weighted by Gasteiger charge is -2.07. The van der Waals surface area contributed by atoms with E-state index in [1.54, 1.807) is 0 Å². The standard InChI is InChI=1S/C14H15N3O2/c1-9-5-10(2)17-14(16-9)15-7-11-3-4-12-13(6-11)19-8-18-12/h3-6H,7-8H2,1-2H3,(H,15,16,17). The van der Waals surface area contributed by atoms with Crippen LogP contribution in [-0.2, 0) is 6.54 Å². The Balaban J connectivity index is 1.72. The number of benzene rings is 1. The average Bonchev–Trinajstić information content (AvgIpc) is 2.82. The third-order valence-electron chi connectivity index (χ3n) is 2.87. The van der Waals surface area contributed by atoms with Crippen LogP contribution in [-0.4, -0.2) is 16.8 Å². The topological polar surface area (TPSA) is 56.3 Å². The second-order valence-corrected chi connectivity index (χ2v) is 4.52. The van der Waals surface area contributed by atoms with Crippen LogP contribution in [0.5, 0.6) is 11.5 Å². The molecule has 3 rings (SSSR count). The smallest absolute Gasteiger partial charge is 0.231 e. The molecule has 0 radical (unpaired) electrons. The maximum Gasteiger partial charge on any atom is 0.231 e. The van der Waals surface area contributed by atoms with Crippen LogP contribution >= 0.6 is 0 Å². The minimum absolute atomic E-state index is 0.298. The van der Waals surface area contributed by atoms with Gasteiger partial charge in [0.2, 0.25) is 12.7 Å². The number of rotatable bonds is 3. The summed E-state index contributed by atoms with van der Waals surface area (Å²) in [4.78, 5) is 8.69. The molecule has 1 aliphatic rings. The monoisotopic (exact) mass is 257 g/mol. The van der Waals surface area contributed by atoms with Gasteiger partial charge in [0, 0.05) is 17.9 Å². The predicted octanol–water partition coefficient (Wildman–Crippen LogP) is 2.43. The molecule has 5 heteroatoms. The minimum Gasteiger partial charge on any atom is -0.454 e. The lowest BCUT2D eigenvalue weighted by Crippen LogP contribution is -2.05. The zero-order chi connectivity index (χ0) is 13.2. The van der Waals surface area contributed by atoms with Crippen LogP contribution in [0.3, 0.4) is 0 Å². The molecule has 0 amide bonds. The Kier molecular flexibility index (Phi) is 2.95. The van der Waals surface area contributed by atoms with E-state index in [-0.39, 0.29) is 0 Å². The van der Waals surface area contributed by atoms with Gasteiger partial charge in [-0.2, -0.15) is 0 Å². The molecule has 0 bridgehead atoms. The Morgan fingerprint density at radius 1 is 1.05 bits per heavy atom. The van der Waals surface area contributed by atoms with Crippen molar-refractivity contribution in [1.29, 1.82) is 0 Å². The normalized spacial score (nSPS) is 12.5. The fourth-order valence-electron chi connectivity index (χ4n) is 2.04. The third-order valence-corrected chi connectivity index (χ3v) is 2.87. The van der Waals surface area contributed by atoms with Crippen molar-refractivity contribution >= 4 is 5.95 Å². The molecule has 1 aromatic heterocycles. The van der Waals surface area contributed by atoms with Crippen molar-refractivity contribution in [1.82, 2.24) is 9.97 Å². The molecule has 0 aliphatic carbocycles. The molecule has 5 nitrogen and oxygen atoms in total. The van der Waals surface area contributed by atoms with E-state index in [4.69, 9.17) is 9.47 Å². The van der Waals surface area contributed by atoms with Crippen molar-refractivity contribution in [3.63, 3.8) is 0 Å². The molecule has 1 N–H and O–H groups in total.